The van der Waals surface area contributed by atoms with Gasteiger partial charge in [0.25, 0.3) is 5.89 Å². The second-order valence-corrected chi connectivity index (χ2v) is 8.14. The van der Waals surface area contributed by atoms with Crippen LogP contribution in [0.3, 0.4) is 0 Å². The van der Waals surface area contributed by atoms with E-state index in [9.17, 15) is 4.79 Å². The molecule has 0 spiro atoms. The summed E-state index contributed by atoms with van der Waals surface area (Å²) in [5.41, 5.74) is 0.475. The Hall–Kier alpha value is -2.48. The molecule has 1 saturated carbocycles. The number of rotatable bonds is 6. The first kappa shape index (κ1) is 19.8. The number of aromatic nitrogens is 3. The number of hydrogen-bond acceptors (Lipinski definition) is 6. The predicted molar refractivity (Wildman–Crippen MR) is 107 cm³/mol. The van der Waals surface area contributed by atoms with Crippen molar-refractivity contribution in [2.24, 2.45) is 0 Å². The first-order valence-corrected chi connectivity index (χ1v) is 10.5. The molecule has 1 N–H and O–H groups in total. The first-order valence-electron chi connectivity index (χ1n) is 10.5. The molecule has 2 aromatic rings. The maximum atomic E-state index is 12.9. The second kappa shape index (κ2) is 8.90. The number of hydrogen-bond donors (Lipinski definition) is 1. The average Bonchev–Trinajstić information content (AvgIpc) is 3.46. The number of amides is 2. The van der Waals surface area contributed by atoms with Gasteiger partial charge in [-0.25, -0.2) is 4.79 Å². The van der Waals surface area contributed by atoms with Gasteiger partial charge in [-0.05, 0) is 44.2 Å². The van der Waals surface area contributed by atoms with Gasteiger partial charge in [-0.3, -0.25) is 4.98 Å². The van der Waals surface area contributed by atoms with Crippen LogP contribution in [0, 0.1) is 0 Å². The van der Waals surface area contributed by atoms with Crippen LogP contribution in [0.2, 0.25) is 0 Å². The summed E-state index contributed by atoms with van der Waals surface area (Å²) < 4.78 is 10.9. The third-order valence-electron chi connectivity index (χ3n) is 6.16. The van der Waals surface area contributed by atoms with Gasteiger partial charge >= 0.3 is 6.03 Å². The van der Waals surface area contributed by atoms with Gasteiger partial charge in [0, 0.05) is 50.8 Å². The topological polar surface area (TPSA) is 93.4 Å². The Morgan fingerprint density at radius 2 is 2.10 bits per heavy atom. The van der Waals surface area contributed by atoms with Crippen LogP contribution in [-0.2, 0) is 10.2 Å². The number of nitrogens with one attached hydrogen (secondary N) is 1. The lowest BCUT2D eigenvalue weighted by Gasteiger charge is -2.41. The van der Waals surface area contributed by atoms with Crippen molar-refractivity contribution in [3.63, 3.8) is 0 Å². The molecule has 0 bridgehead atoms. The molecule has 8 nitrogen and oxygen atoms in total. The van der Waals surface area contributed by atoms with Crippen molar-refractivity contribution in [2.75, 3.05) is 26.8 Å². The van der Waals surface area contributed by atoms with Gasteiger partial charge in [0.15, 0.2) is 5.82 Å². The fourth-order valence-corrected chi connectivity index (χ4v) is 4.49. The SMILES string of the molecule is COCCC1(c2noc(-c3ccncc3)n2)CCCN(C(=O)NC2CCCC2)C1. The zero-order chi connectivity index (χ0) is 20.1. The average molecular weight is 399 g/mol. The second-order valence-electron chi connectivity index (χ2n) is 8.14. The largest absolute Gasteiger partial charge is 0.385 e. The summed E-state index contributed by atoms with van der Waals surface area (Å²) in [6.45, 7) is 1.91. The van der Waals surface area contributed by atoms with Crippen LogP contribution >= 0.6 is 0 Å². The van der Waals surface area contributed by atoms with Crippen LogP contribution in [0.15, 0.2) is 29.0 Å². The Labute approximate surface area is 171 Å². The minimum Gasteiger partial charge on any atom is -0.385 e. The molecule has 2 aliphatic rings. The van der Waals surface area contributed by atoms with Gasteiger partial charge < -0.3 is 19.5 Å². The minimum atomic E-state index is -0.365. The van der Waals surface area contributed by atoms with Gasteiger partial charge in [-0.2, -0.15) is 4.98 Å². The number of carbonyl (C=O) groups excluding carboxylic acids is 1. The van der Waals surface area contributed by atoms with Gasteiger partial charge in [-0.1, -0.05) is 18.0 Å². The molecule has 4 rings (SSSR count). The summed E-state index contributed by atoms with van der Waals surface area (Å²) in [5.74, 6) is 1.13. The molecule has 2 fully saturated rings. The van der Waals surface area contributed by atoms with E-state index in [4.69, 9.17) is 14.2 Å². The lowest BCUT2D eigenvalue weighted by molar-refractivity contribution is 0.105. The molecule has 3 heterocycles. The first-order chi connectivity index (χ1) is 14.2. The Morgan fingerprint density at radius 3 is 2.86 bits per heavy atom. The van der Waals surface area contributed by atoms with Crippen LogP contribution in [0.4, 0.5) is 4.79 Å². The van der Waals surface area contributed by atoms with Crippen molar-refractivity contribution >= 4 is 6.03 Å². The van der Waals surface area contributed by atoms with E-state index in [2.05, 4.69) is 15.5 Å². The van der Waals surface area contributed by atoms with E-state index in [1.165, 1.54) is 12.8 Å². The summed E-state index contributed by atoms with van der Waals surface area (Å²) in [5, 5.41) is 7.53. The number of methoxy groups -OCH3 is 1. The fourth-order valence-electron chi connectivity index (χ4n) is 4.49. The molecule has 29 heavy (non-hydrogen) atoms. The molecule has 0 radical (unpaired) electrons. The monoisotopic (exact) mass is 399 g/mol. The highest BCUT2D eigenvalue weighted by molar-refractivity contribution is 5.75. The zero-order valence-electron chi connectivity index (χ0n) is 17.0. The number of pyridine rings is 1. The summed E-state index contributed by atoms with van der Waals surface area (Å²) in [6.07, 6.45) is 10.5. The molecule has 1 aliphatic carbocycles. The van der Waals surface area contributed by atoms with Crippen LogP contribution in [0.25, 0.3) is 11.5 Å². The molecule has 1 unspecified atom stereocenters. The Morgan fingerprint density at radius 1 is 1.31 bits per heavy atom. The number of urea groups is 1. The van der Waals surface area contributed by atoms with Gasteiger partial charge in [0.1, 0.15) is 0 Å². The Kier molecular flexibility index (Phi) is 6.08. The summed E-state index contributed by atoms with van der Waals surface area (Å²) >= 11 is 0. The van der Waals surface area contributed by atoms with Crippen molar-refractivity contribution in [1.82, 2.24) is 25.3 Å². The lowest BCUT2D eigenvalue weighted by Crippen LogP contribution is -2.53. The summed E-state index contributed by atoms with van der Waals surface area (Å²) in [7, 11) is 1.69. The van der Waals surface area contributed by atoms with E-state index in [-0.39, 0.29) is 11.4 Å². The van der Waals surface area contributed by atoms with Crippen LogP contribution in [-0.4, -0.2) is 58.9 Å². The maximum Gasteiger partial charge on any atom is 0.317 e. The summed E-state index contributed by atoms with van der Waals surface area (Å²) in [6, 6.07) is 4.03. The van der Waals surface area contributed by atoms with Gasteiger partial charge in [0.05, 0.1) is 5.41 Å². The number of ether oxygens (including phenoxy) is 1. The third-order valence-corrected chi connectivity index (χ3v) is 6.16. The highest BCUT2D eigenvalue weighted by Gasteiger charge is 2.42. The predicted octanol–water partition coefficient (Wildman–Crippen LogP) is 3.15. The normalized spacial score (nSPS) is 22.7. The molecule has 1 saturated heterocycles. The van der Waals surface area contributed by atoms with Crippen molar-refractivity contribution in [1.29, 1.82) is 0 Å². The van der Waals surface area contributed by atoms with E-state index in [0.717, 1.165) is 44.2 Å². The van der Waals surface area contributed by atoms with E-state index >= 15 is 0 Å². The van der Waals surface area contributed by atoms with Crippen LogP contribution < -0.4 is 5.32 Å². The molecule has 2 aromatic heterocycles. The molecule has 8 heteroatoms. The summed E-state index contributed by atoms with van der Waals surface area (Å²) in [4.78, 5) is 23.5. The van der Waals surface area contributed by atoms with E-state index in [1.54, 1.807) is 19.5 Å². The number of likely N-dealkylation sites (tertiary alicyclic amines) is 1. The molecule has 1 aliphatic heterocycles. The molecule has 1 atom stereocenters. The van der Waals surface area contributed by atoms with Crippen molar-refractivity contribution < 1.29 is 14.1 Å². The minimum absolute atomic E-state index is 0.0243. The van der Waals surface area contributed by atoms with E-state index in [1.807, 2.05) is 17.0 Å². The molecule has 156 valence electrons. The van der Waals surface area contributed by atoms with Crippen molar-refractivity contribution in [3.05, 3.63) is 30.4 Å². The van der Waals surface area contributed by atoms with Crippen LogP contribution in [0.5, 0.6) is 0 Å². The van der Waals surface area contributed by atoms with Gasteiger partial charge in [0.2, 0.25) is 0 Å². The lowest BCUT2D eigenvalue weighted by atomic mass is 9.76. The Balaban J connectivity index is 1.54. The number of nitrogens with zero attached hydrogens (tertiary/aromatic N) is 4. The third kappa shape index (κ3) is 4.42. The fraction of sp³-hybridized carbons (Fsp3) is 0.619. The maximum absolute atomic E-state index is 12.9. The number of carbonyl (C=O) groups is 1. The van der Waals surface area contributed by atoms with Gasteiger partial charge in [-0.15, -0.1) is 0 Å². The van der Waals surface area contributed by atoms with E-state index in [0.29, 0.717) is 30.9 Å². The molecule has 2 amide bonds. The van der Waals surface area contributed by atoms with E-state index < -0.39 is 0 Å². The molecular formula is C21H29N5O3. The molecular weight excluding hydrogens is 370 g/mol. The van der Waals surface area contributed by atoms with Crippen LogP contribution in [0.1, 0.15) is 50.8 Å². The highest BCUT2D eigenvalue weighted by Crippen LogP contribution is 2.37. The highest BCUT2D eigenvalue weighted by atomic mass is 16.5. The Bertz CT molecular complexity index is 806. The smallest absolute Gasteiger partial charge is 0.317 e. The molecule has 0 aromatic carbocycles. The quantitative estimate of drug-likeness (QED) is 0.802. The number of piperidine rings is 1. The van der Waals surface area contributed by atoms with Crippen molar-refractivity contribution in [3.8, 4) is 11.5 Å². The van der Waals surface area contributed by atoms with Crippen molar-refractivity contribution in [2.45, 2.75) is 56.4 Å². The zero-order valence-corrected chi connectivity index (χ0v) is 17.0. The standard InChI is InChI=1S/C21H29N5O3/c1-28-14-10-21(19-24-18(29-25-19)16-7-11-22-12-8-16)9-4-13-26(15-21)20(27)23-17-5-2-3-6-17/h7-8,11-12,17H,2-6,9-10,13-15H2,1H3,(H,23,27).